The molecule has 7 nitrogen and oxygen atoms in total. The molecule has 7 heteroatoms. The van der Waals surface area contributed by atoms with E-state index in [2.05, 4.69) is 6.58 Å². The lowest BCUT2D eigenvalue weighted by Gasteiger charge is -2.44. The van der Waals surface area contributed by atoms with Crippen molar-refractivity contribution in [3.63, 3.8) is 0 Å². The highest BCUT2D eigenvalue weighted by molar-refractivity contribution is 6.05. The second-order valence-corrected chi connectivity index (χ2v) is 11.0. The van der Waals surface area contributed by atoms with Crippen molar-refractivity contribution in [1.82, 2.24) is 0 Å². The molecule has 2 aliphatic heterocycles. The second-order valence-electron chi connectivity index (χ2n) is 11.0. The van der Waals surface area contributed by atoms with Crippen LogP contribution in [0.3, 0.4) is 0 Å². The highest BCUT2D eigenvalue weighted by Gasteiger charge is 2.91. The van der Waals surface area contributed by atoms with Crippen LogP contribution in [0.25, 0.3) is 0 Å². The molecule has 0 aromatic carbocycles. The standard InChI is InChI=1S/C24H28O7/c1-11(2)6-8-29-19(26)14-16-21(4)18-15(30-18)17(25)24(16,31-20(21)27)13-5-7-23(28)10-22(13,14)9-12(23)3/h6,13-16,18,28H,3,5,7-10H2,1-2,4H3/t13-,14-,15+,16-,18+,21-,22+,23+,24-/m1/s1. The van der Waals surface area contributed by atoms with Crippen molar-refractivity contribution in [1.29, 1.82) is 0 Å². The topological polar surface area (TPSA) is 102 Å². The second kappa shape index (κ2) is 5.49. The predicted octanol–water partition coefficient (Wildman–Crippen LogP) is 1.87. The van der Waals surface area contributed by atoms with E-state index in [0.29, 0.717) is 31.3 Å². The molecule has 0 amide bonds. The fourth-order valence-electron chi connectivity index (χ4n) is 8.08. The fraction of sp³-hybridized carbons (Fsp3) is 0.708. The van der Waals surface area contributed by atoms with Gasteiger partial charge in [-0.05, 0) is 63.5 Å². The van der Waals surface area contributed by atoms with Crippen molar-refractivity contribution in [3.05, 3.63) is 23.8 Å². The third kappa shape index (κ3) is 1.97. The minimum atomic E-state index is -1.38. The average Bonchev–Trinajstić information content (AvgIpc) is 3.37. The molecule has 2 saturated heterocycles. The Bertz CT molecular complexity index is 994. The molecule has 6 fully saturated rings. The molecule has 4 aliphatic carbocycles. The fourth-order valence-corrected chi connectivity index (χ4v) is 8.08. The minimum absolute atomic E-state index is 0.130. The third-order valence-electron chi connectivity index (χ3n) is 9.34. The first kappa shape index (κ1) is 19.7. The van der Waals surface area contributed by atoms with Crippen molar-refractivity contribution in [2.24, 2.45) is 28.6 Å². The Morgan fingerprint density at radius 3 is 2.81 bits per heavy atom. The normalized spacial score (nSPS) is 52.8. The van der Waals surface area contributed by atoms with Crippen molar-refractivity contribution < 1.29 is 33.7 Å². The number of ether oxygens (including phenoxy) is 3. The number of allylic oxidation sites excluding steroid dienone is 1. The van der Waals surface area contributed by atoms with Gasteiger partial charge in [-0.25, -0.2) is 0 Å². The number of Topliss-reactive ketones (excluding diaryl/α,β-unsaturated/α-hetero) is 1. The zero-order chi connectivity index (χ0) is 22.1. The quantitative estimate of drug-likeness (QED) is 0.416. The summed E-state index contributed by atoms with van der Waals surface area (Å²) >= 11 is 0. The molecule has 4 bridgehead atoms. The van der Waals surface area contributed by atoms with Crippen LogP contribution in [0.5, 0.6) is 0 Å². The van der Waals surface area contributed by atoms with Crippen molar-refractivity contribution in [2.45, 2.75) is 69.9 Å². The van der Waals surface area contributed by atoms with Crippen LogP contribution in [-0.4, -0.2) is 52.8 Å². The van der Waals surface area contributed by atoms with Gasteiger partial charge in [0, 0.05) is 11.8 Å². The number of hydrogen-bond acceptors (Lipinski definition) is 7. The molecule has 0 radical (unpaired) electrons. The van der Waals surface area contributed by atoms with Gasteiger partial charge < -0.3 is 19.3 Å². The Kier molecular flexibility index (Phi) is 3.48. The van der Waals surface area contributed by atoms with Crippen LogP contribution >= 0.6 is 0 Å². The van der Waals surface area contributed by atoms with Crippen molar-refractivity contribution in [3.8, 4) is 0 Å². The number of rotatable bonds is 3. The van der Waals surface area contributed by atoms with Crippen molar-refractivity contribution in [2.75, 3.05) is 6.61 Å². The van der Waals surface area contributed by atoms with Gasteiger partial charge in [0.15, 0.2) is 5.60 Å². The number of ketones is 1. The summed E-state index contributed by atoms with van der Waals surface area (Å²) in [5.74, 6) is -2.83. The zero-order valence-electron chi connectivity index (χ0n) is 18.1. The zero-order valence-corrected chi connectivity index (χ0v) is 18.1. The van der Waals surface area contributed by atoms with E-state index in [0.717, 1.165) is 5.57 Å². The molecule has 1 spiro atoms. The first-order valence-corrected chi connectivity index (χ1v) is 11.2. The summed E-state index contributed by atoms with van der Waals surface area (Å²) in [5, 5.41) is 11.2. The lowest BCUT2D eigenvalue weighted by Crippen LogP contribution is -2.57. The summed E-state index contributed by atoms with van der Waals surface area (Å²) in [6.07, 6.45) is 2.36. The Balaban J connectivity index is 1.52. The van der Waals surface area contributed by atoms with Gasteiger partial charge in [0.1, 0.15) is 24.2 Å². The third-order valence-corrected chi connectivity index (χ3v) is 9.34. The van der Waals surface area contributed by atoms with E-state index in [-0.39, 0.29) is 18.3 Å². The first-order chi connectivity index (χ1) is 14.5. The summed E-state index contributed by atoms with van der Waals surface area (Å²) in [6.45, 7) is 9.88. The molecule has 0 aromatic rings. The number of carbonyl (C=O) groups excluding carboxylic acids is 3. The van der Waals surface area contributed by atoms with Crippen LogP contribution in [-0.2, 0) is 28.6 Å². The molecule has 166 valence electrons. The summed E-state index contributed by atoms with van der Waals surface area (Å²) in [4.78, 5) is 40.4. The van der Waals surface area contributed by atoms with Crippen LogP contribution in [0, 0.1) is 28.6 Å². The largest absolute Gasteiger partial charge is 0.461 e. The number of esters is 2. The smallest absolute Gasteiger partial charge is 0.316 e. The van der Waals surface area contributed by atoms with Gasteiger partial charge in [-0.1, -0.05) is 12.2 Å². The van der Waals surface area contributed by atoms with Crippen molar-refractivity contribution >= 4 is 17.7 Å². The Morgan fingerprint density at radius 1 is 1.35 bits per heavy atom. The molecule has 9 atom stereocenters. The summed E-state index contributed by atoms with van der Waals surface area (Å²) < 4.78 is 17.4. The van der Waals surface area contributed by atoms with Crippen LogP contribution < -0.4 is 0 Å². The SMILES string of the molecule is C=C1C[C@]23C[C@@]1(O)CC[C@H]2[C@@]12OC(=O)[C@](C)([C@H]1[C@@H]3C(=O)OCC=C(C)C)[C@H]1O[C@H]1C2=O. The molecule has 6 rings (SSSR count). The number of fused-ring (bicyclic) bond motifs is 3. The van der Waals surface area contributed by atoms with Gasteiger partial charge in [-0.15, -0.1) is 0 Å². The molecule has 4 saturated carbocycles. The number of carbonyl (C=O) groups is 3. The molecule has 31 heavy (non-hydrogen) atoms. The molecule has 6 aliphatic rings. The van der Waals surface area contributed by atoms with E-state index in [9.17, 15) is 19.5 Å². The van der Waals surface area contributed by atoms with E-state index >= 15 is 0 Å². The van der Waals surface area contributed by atoms with Gasteiger partial charge in [-0.3, -0.25) is 14.4 Å². The Hall–Kier alpha value is -1.99. The Morgan fingerprint density at radius 2 is 2.10 bits per heavy atom. The predicted molar refractivity (Wildman–Crippen MR) is 106 cm³/mol. The van der Waals surface area contributed by atoms with Gasteiger partial charge in [0.05, 0.1) is 11.5 Å². The van der Waals surface area contributed by atoms with Crippen LogP contribution in [0.4, 0.5) is 0 Å². The van der Waals surface area contributed by atoms with E-state index in [1.165, 1.54) is 0 Å². The summed E-state index contributed by atoms with van der Waals surface area (Å²) in [6, 6.07) is 0. The molecular formula is C24H28O7. The van der Waals surface area contributed by atoms with E-state index in [1.807, 2.05) is 19.9 Å². The molecule has 0 aromatic heterocycles. The lowest BCUT2D eigenvalue weighted by atomic mass is 9.60. The maximum absolute atomic E-state index is 13.6. The lowest BCUT2D eigenvalue weighted by molar-refractivity contribution is -0.171. The van der Waals surface area contributed by atoms with Crippen LogP contribution in [0.1, 0.15) is 46.5 Å². The first-order valence-electron chi connectivity index (χ1n) is 11.2. The van der Waals surface area contributed by atoms with E-state index in [4.69, 9.17) is 14.2 Å². The summed E-state index contributed by atoms with van der Waals surface area (Å²) in [7, 11) is 0. The maximum atomic E-state index is 13.6. The molecular weight excluding hydrogens is 400 g/mol. The Labute approximate surface area is 180 Å². The highest BCUT2D eigenvalue weighted by Crippen LogP contribution is 2.79. The average molecular weight is 428 g/mol. The van der Waals surface area contributed by atoms with Crippen LogP contribution in [0.15, 0.2) is 23.8 Å². The molecule has 0 unspecified atom stereocenters. The number of epoxide rings is 1. The van der Waals surface area contributed by atoms with E-state index < -0.39 is 58.0 Å². The number of aliphatic hydroxyl groups is 1. The summed E-state index contributed by atoms with van der Waals surface area (Å²) in [5.41, 5.74) is -2.48. The number of hydrogen-bond donors (Lipinski definition) is 1. The minimum Gasteiger partial charge on any atom is -0.461 e. The highest BCUT2D eigenvalue weighted by atomic mass is 16.6. The molecule has 2 heterocycles. The monoisotopic (exact) mass is 428 g/mol. The molecule has 1 N–H and O–H groups in total. The van der Waals surface area contributed by atoms with Gasteiger partial charge in [-0.2, -0.15) is 0 Å². The maximum Gasteiger partial charge on any atom is 0.316 e. The van der Waals surface area contributed by atoms with Crippen LogP contribution in [0.2, 0.25) is 0 Å². The van der Waals surface area contributed by atoms with E-state index in [1.54, 1.807) is 6.92 Å². The van der Waals surface area contributed by atoms with Gasteiger partial charge >= 0.3 is 11.9 Å². The van der Waals surface area contributed by atoms with Gasteiger partial charge in [0.2, 0.25) is 5.78 Å². The van der Waals surface area contributed by atoms with Gasteiger partial charge in [0.25, 0.3) is 0 Å².